The first-order chi connectivity index (χ1) is 11.0. The number of carbonyl (C=O) groups excluding carboxylic acids is 1. The zero-order chi connectivity index (χ0) is 16.8. The van der Waals surface area contributed by atoms with Crippen LogP contribution in [-0.4, -0.2) is 21.6 Å². The lowest BCUT2D eigenvalue weighted by atomic mass is 10.0. The highest BCUT2D eigenvalue weighted by Gasteiger charge is 2.11. The summed E-state index contributed by atoms with van der Waals surface area (Å²) in [5.74, 6) is -1.23. The lowest BCUT2D eigenvalue weighted by Crippen LogP contribution is -2.20. The summed E-state index contributed by atoms with van der Waals surface area (Å²) in [7, 11) is 0. The van der Waals surface area contributed by atoms with Crippen molar-refractivity contribution >= 4 is 17.6 Å². The SMILES string of the molecule is CCn1cc(NC(=O)CCc2ccccc2C(=O)O)ccc1=O. The van der Waals surface area contributed by atoms with Crippen molar-refractivity contribution < 1.29 is 14.7 Å². The molecule has 1 aromatic heterocycles. The number of nitrogens with one attached hydrogen (secondary N) is 1. The molecule has 6 heteroatoms. The van der Waals surface area contributed by atoms with E-state index >= 15 is 0 Å². The molecule has 1 amide bonds. The van der Waals surface area contributed by atoms with Crippen LogP contribution in [-0.2, 0) is 17.8 Å². The molecule has 0 radical (unpaired) electrons. The number of anilines is 1. The molecule has 23 heavy (non-hydrogen) atoms. The zero-order valence-electron chi connectivity index (χ0n) is 12.8. The van der Waals surface area contributed by atoms with Crippen molar-refractivity contribution in [2.45, 2.75) is 26.3 Å². The Kier molecular flexibility index (Phi) is 5.30. The van der Waals surface area contributed by atoms with Gasteiger partial charge in [-0.2, -0.15) is 0 Å². The fraction of sp³-hybridized carbons (Fsp3) is 0.235. The van der Waals surface area contributed by atoms with Crippen LogP contribution < -0.4 is 10.9 Å². The van der Waals surface area contributed by atoms with Gasteiger partial charge >= 0.3 is 5.97 Å². The Balaban J connectivity index is 2.01. The van der Waals surface area contributed by atoms with Crippen molar-refractivity contribution in [3.8, 4) is 0 Å². The Morgan fingerprint density at radius 3 is 2.61 bits per heavy atom. The van der Waals surface area contributed by atoms with Gasteiger partial charge in [-0.1, -0.05) is 18.2 Å². The van der Waals surface area contributed by atoms with E-state index in [0.29, 0.717) is 24.2 Å². The number of rotatable bonds is 6. The second-order valence-electron chi connectivity index (χ2n) is 5.05. The van der Waals surface area contributed by atoms with Crippen LogP contribution in [0, 0.1) is 0 Å². The molecule has 1 aromatic carbocycles. The van der Waals surface area contributed by atoms with E-state index < -0.39 is 5.97 Å². The van der Waals surface area contributed by atoms with Gasteiger partial charge in [0.15, 0.2) is 0 Å². The molecule has 0 spiro atoms. The van der Waals surface area contributed by atoms with E-state index in [1.54, 1.807) is 30.5 Å². The second kappa shape index (κ2) is 7.40. The van der Waals surface area contributed by atoms with Gasteiger partial charge in [-0.05, 0) is 31.0 Å². The van der Waals surface area contributed by atoms with Crippen LogP contribution in [0.25, 0.3) is 0 Å². The van der Waals surface area contributed by atoms with Crippen LogP contribution in [0.15, 0.2) is 47.4 Å². The molecule has 0 fully saturated rings. The van der Waals surface area contributed by atoms with Gasteiger partial charge in [-0.15, -0.1) is 0 Å². The molecule has 0 saturated carbocycles. The van der Waals surface area contributed by atoms with Gasteiger partial charge in [-0.25, -0.2) is 4.79 Å². The van der Waals surface area contributed by atoms with Gasteiger partial charge in [0.05, 0.1) is 11.3 Å². The molecule has 0 bridgehead atoms. The quantitative estimate of drug-likeness (QED) is 0.855. The predicted molar refractivity (Wildman–Crippen MR) is 86.7 cm³/mol. The van der Waals surface area contributed by atoms with Gasteiger partial charge in [0, 0.05) is 25.2 Å². The van der Waals surface area contributed by atoms with Crippen molar-refractivity contribution in [3.63, 3.8) is 0 Å². The predicted octanol–water partition coefficient (Wildman–Crippen LogP) is 2.14. The summed E-state index contributed by atoms with van der Waals surface area (Å²) in [6, 6.07) is 9.58. The molecule has 6 nitrogen and oxygen atoms in total. The average molecular weight is 314 g/mol. The van der Waals surface area contributed by atoms with Crippen molar-refractivity contribution in [1.29, 1.82) is 0 Å². The monoisotopic (exact) mass is 314 g/mol. The van der Waals surface area contributed by atoms with Crippen LogP contribution in [0.5, 0.6) is 0 Å². The minimum Gasteiger partial charge on any atom is -0.478 e. The van der Waals surface area contributed by atoms with Gasteiger partial charge in [0.2, 0.25) is 5.91 Å². The molecular formula is C17H18N2O4. The summed E-state index contributed by atoms with van der Waals surface area (Å²) in [5.41, 5.74) is 1.25. The minimum atomic E-state index is -1.00. The number of carboxylic acid groups (broad SMARTS) is 1. The van der Waals surface area contributed by atoms with Crippen molar-refractivity contribution in [2.75, 3.05) is 5.32 Å². The molecule has 0 saturated heterocycles. The molecule has 0 atom stereocenters. The van der Waals surface area contributed by atoms with E-state index in [1.807, 2.05) is 6.92 Å². The third-order valence-electron chi connectivity index (χ3n) is 3.48. The summed E-state index contributed by atoms with van der Waals surface area (Å²) in [6.07, 6.45) is 2.09. The maximum absolute atomic E-state index is 12.0. The fourth-order valence-electron chi connectivity index (χ4n) is 2.27. The first kappa shape index (κ1) is 16.5. The van der Waals surface area contributed by atoms with Crippen LogP contribution in [0.1, 0.15) is 29.3 Å². The molecule has 0 aliphatic rings. The Labute approximate surface area is 133 Å². The number of carboxylic acids is 1. The summed E-state index contributed by atoms with van der Waals surface area (Å²) >= 11 is 0. The average Bonchev–Trinajstić information content (AvgIpc) is 2.55. The molecule has 2 N–H and O–H groups in total. The summed E-state index contributed by atoms with van der Waals surface area (Å²) in [6.45, 7) is 2.37. The molecule has 1 heterocycles. The first-order valence-corrected chi connectivity index (χ1v) is 7.32. The van der Waals surface area contributed by atoms with Crippen molar-refractivity contribution in [1.82, 2.24) is 4.57 Å². The number of hydrogen-bond acceptors (Lipinski definition) is 3. The van der Waals surface area contributed by atoms with E-state index in [-0.39, 0.29) is 23.5 Å². The zero-order valence-corrected chi connectivity index (χ0v) is 12.8. The number of aryl methyl sites for hydroxylation is 2. The smallest absolute Gasteiger partial charge is 0.335 e. The number of pyridine rings is 1. The van der Waals surface area contributed by atoms with Crippen LogP contribution in [0.3, 0.4) is 0 Å². The Morgan fingerprint density at radius 1 is 1.17 bits per heavy atom. The van der Waals surface area contributed by atoms with Gasteiger partial charge < -0.3 is 15.0 Å². The maximum atomic E-state index is 12.0. The van der Waals surface area contributed by atoms with Crippen LogP contribution in [0.2, 0.25) is 0 Å². The Hall–Kier alpha value is -2.89. The molecule has 2 aromatic rings. The Morgan fingerprint density at radius 2 is 1.91 bits per heavy atom. The summed E-state index contributed by atoms with van der Waals surface area (Å²) < 4.78 is 1.50. The number of carbonyl (C=O) groups is 2. The number of aromatic nitrogens is 1. The highest BCUT2D eigenvalue weighted by molar-refractivity contribution is 5.92. The van der Waals surface area contributed by atoms with E-state index in [2.05, 4.69) is 5.32 Å². The highest BCUT2D eigenvalue weighted by Crippen LogP contribution is 2.12. The molecule has 0 aliphatic carbocycles. The molecule has 120 valence electrons. The lowest BCUT2D eigenvalue weighted by Gasteiger charge is -2.09. The minimum absolute atomic E-state index is 0.124. The largest absolute Gasteiger partial charge is 0.478 e. The highest BCUT2D eigenvalue weighted by atomic mass is 16.4. The standard InChI is InChI=1S/C17H18N2O4/c1-2-19-11-13(8-10-16(19)21)18-15(20)9-7-12-5-3-4-6-14(12)17(22)23/h3-6,8,10-11H,2,7,9H2,1H3,(H,18,20)(H,22,23). The fourth-order valence-corrected chi connectivity index (χ4v) is 2.27. The van der Waals surface area contributed by atoms with Crippen molar-refractivity contribution in [3.05, 3.63) is 64.1 Å². The number of benzene rings is 1. The maximum Gasteiger partial charge on any atom is 0.335 e. The number of amides is 1. The number of hydrogen-bond donors (Lipinski definition) is 2. The number of aromatic carboxylic acids is 1. The summed E-state index contributed by atoms with van der Waals surface area (Å²) in [4.78, 5) is 34.6. The van der Waals surface area contributed by atoms with Crippen molar-refractivity contribution in [2.24, 2.45) is 0 Å². The molecule has 0 aliphatic heterocycles. The third-order valence-corrected chi connectivity index (χ3v) is 3.48. The van der Waals surface area contributed by atoms with Gasteiger partial charge in [0.1, 0.15) is 0 Å². The van der Waals surface area contributed by atoms with E-state index in [9.17, 15) is 14.4 Å². The van der Waals surface area contributed by atoms with Gasteiger partial charge in [-0.3, -0.25) is 9.59 Å². The molecule has 0 unspecified atom stereocenters. The van der Waals surface area contributed by atoms with Crippen LogP contribution in [0.4, 0.5) is 5.69 Å². The first-order valence-electron chi connectivity index (χ1n) is 7.32. The number of nitrogens with zero attached hydrogens (tertiary/aromatic N) is 1. The second-order valence-corrected chi connectivity index (χ2v) is 5.05. The summed E-state index contributed by atoms with van der Waals surface area (Å²) in [5, 5.41) is 11.8. The van der Waals surface area contributed by atoms with E-state index in [0.717, 1.165) is 0 Å². The molecule has 2 rings (SSSR count). The van der Waals surface area contributed by atoms with E-state index in [1.165, 1.54) is 16.7 Å². The van der Waals surface area contributed by atoms with E-state index in [4.69, 9.17) is 5.11 Å². The van der Waals surface area contributed by atoms with Gasteiger partial charge in [0.25, 0.3) is 5.56 Å². The third kappa shape index (κ3) is 4.29. The Bertz CT molecular complexity index is 780. The molecular weight excluding hydrogens is 296 g/mol. The normalized spacial score (nSPS) is 10.3. The van der Waals surface area contributed by atoms with Crippen LogP contribution >= 0.6 is 0 Å². The lowest BCUT2D eigenvalue weighted by molar-refractivity contribution is -0.116. The topological polar surface area (TPSA) is 88.4 Å².